The number of amides is 3. The van der Waals surface area contributed by atoms with Crippen LogP contribution in [0.1, 0.15) is 52.0 Å². The lowest BCUT2D eigenvalue weighted by Crippen LogP contribution is -2.56. The van der Waals surface area contributed by atoms with Crippen LogP contribution in [0.3, 0.4) is 0 Å². The Hall–Kier alpha value is -2.88. The van der Waals surface area contributed by atoms with Crippen LogP contribution >= 0.6 is 11.8 Å². The maximum Gasteiger partial charge on any atom is 0.305 e. The van der Waals surface area contributed by atoms with E-state index in [2.05, 4.69) is 20.7 Å². The maximum absolute atomic E-state index is 13.1. The standard InChI is InChI=1S/C25H37N3O6S/c1-16(2)22(25(33)27-19(23(31)26-4)15-18-11-7-6-8-12-18)28-24(32)20(35-17(3)29)13-9-10-14-21(30)34-5/h6-8,11-12,16,19-20,22H,9-10,13-15H2,1-5H3,(H,26,31)(H,27,33)(H,28,32)/t19-,20?,22-/m0/s1. The second kappa shape index (κ2) is 15.9. The van der Waals surface area contributed by atoms with Gasteiger partial charge in [0, 0.05) is 26.8 Å². The number of rotatable bonds is 14. The predicted octanol–water partition coefficient (Wildman–Crippen LogP) is 1.98. The molecule has 0 saturated heterocycles. The first-order valence-electron chi connectivity index (χ1n) is 11.7. The molecule has 1 rings (SSSR count). The molecule has 1 unspecified atom stereocenters. The molecule has 194 valence electrons. The number of carbonyl (C=O) groups excluding carboxylic acids is 5. The lowest BCUT2D eigenvalue weighted by Gasteiger charge is -2.26. The smallest absolute Gasteiger partial charge is 0.305 e. The van der Waals surface area contributed by atoms with Gasteiger partial charge in [-0.2, -0.15) is 0 Å². The molecule has 0 fully saturated rings. The molecule has 0 aliphatic heterocycles. The Morgan fingerprint density at radius 2 is 1.60 bits per heavy atom. The van der Waals surface area contributed by atoms with Crippen LogP contribution in [0.25, 0.3) is 0 Å². The molecule has 0 aromatic heterocycles. The first-order chi connectivity index (χ1) is 16.6. The summed E-state index contributed by atoms with van der Waals surface area (Å²) in [5, 5.41) is 7.18. The van der Waals surface area contributed by atoms with Crippen molar-refractivity contribution in [2.75, 3.05) is 14.2 Å². The number of likely N-dealkylation sites (N-methyl/N-ethyl adjacent to an activating group) is 1. The molecule has 1 aromatic carbocycles. The van der Waals surface area contributed by atoms with E-state index in [1.165, 1.54) is 21.1 Å². The third-order valence-corrected chi connectivity index (χ3v) is 6.40. The molecule has 35 heavy (non-hydrogen) atoms. The molecule has 3 atom stereocenters. The van der Waals surface area contributed by atoms with Crippen LogP contribution in [0.5, 0.6) is 0 Å². The van der Waals surface area contributed by atoms with Gasteiger partial charge < -0.3 is 20.7 Å². The molecule has 9 nitrogen and oxygen atoms in total. The van der Waals surface area contributed by atoms with E-state index in [9.17, 15) is 24.0 Å². The predicted molar refractivity (Wildman–Crippen MR) is 135 cm³/mol. The van der Waals surface area contributed by atoms with Gasteiger partial charge in [0.25, 0.3) is 0 Å². The number of hydrogen-bond acceptors (Lipinski definition) is 7. The van der Waals surface area contributed by atoms with Gasteiger partial charge in [-0.25, -0.2) is 0 Å². The molecule has 0 radical (unpaired) electrons. The number of esters is 1. The average Bonchev–Trinajstić information content (AvgIpc) is 2.83. The highest BCUT2D eigenvalue weighted by Crippen LogP contribution is 2.20. The van der Waals surface area contributed by atoms with Gasteiger partial charge in [-0.05, 0) is 24.3 Å². The molecular weight excluding hydrogens is 470 g/mol. The Morgan fingerprint density at radius 1 is 0.943 bits per heavy atom. The van der Waals surface area contributed by atoms with Crippen molar-refractivity contribution < 1.29 is 28.7 Å². The van der Waals surface area contributed by atoms with Crippen LogP contribution in [0, 0.1) is 5.92 Å². The highest BCUT2D eigenvalue weighted by molar-refractivity contribution is 8.14. The second-order valence-electron chi connectivity index (χ2n) is 8.52. The van der Waals surface area contributed by atoms with Crippen molar-refractivity contribution in [3.05, 3.63) is 35.9 Å². The third kappa shape index (κ3) is 11.4. The number of carbonyl (C=O) groups is 5. The number of thioether (sulfide) groups is 1. The van der Waals surface area contributed by atoms with E-state index in [1.54, 1.807) is 13.8 Å². The Kier molecular flexibility index (Phi) is 13.7. The molecular formula is C25H37N3O6S. The van der Waals surface area contributed by atoms with Crippen molar-refractivity contribution in [3.63, 3.8) is 0 Å². The first-order valence-corrected chi connectivity index (χ1v) is 12.6. The highest BCUT2D eigenvalue weighted by Gasteiger charge is 2.31. The van der Waals surface area contributed by atoms with Crippen molar-refractivity contribution in [2.24, 2.45) is 5.92 Å². The number of benzene rings is 1. The molecule has 3 amide bonds. The van der Waals surface area contributed by atoms with Crippen molar-refractivity contribution in [2.45, 2.75) is 70.2 Å². The van der Waals surface area contributed by atoms with Gasteiger partial charge in [0.15, 0.2) is 5.12 Å². The molecule has 0 spiro atoms. The van der Waals surface area contributed by atoms with E-state index in [-0.39, 0.29) is 29.3 Å². The lowest BCUT2D eigenvalue weighted by atomic mass is 10.0. The van der Waals surface area contributed by atoms with Crippen molar-refractivity contribution in [1.29, 1.82) is 0 Å². The van der Waals surface area contributed by atoms with Gasteiger partial charge in [-0.1, -0.05) is 62.4 Å². The van der Waals surface area contributed by atoms with Crippen molar-refractivity contribution >= 4 is 40.6 Å². The summed E-state index contributed by atoms with van der Waals surface area (Å²) in [6.07, 6.45) is 1.97. The SMILES string of the molecule is CNC(=O)[C@H](Cc1ccccc1)NC(=O)[C@@H](NC(=O)C(CCCCC(=O)OC)SC(C)=O)C(C)C. The van der Waals surface area contributed by atoms with Crippen LogP contribution in [0.4, 0.5) is 0 Å². The summed E-state index contributed by atoms with van der Waals surface area (Å²) in [6, 6.07) is 7.61. The average molecular weight is 508 g/mol. The van der Waals surface area contributed by atoms with E-state index < -0.39 is 29.1 Å². The Bertz CT molecular complexity index is 862. The lowest BCUT2D eigenvalue weighted by molar-refractivity contribution is -0.140. The zero-order chi connectivity index (χ0) is 26.4. The molecule has 1 aromatic rings. The van der Waals surface area contributed by atoms with E-state index in [1.807, 2.05) is 30.3 Å². The van der Waals surface area contributed by atoms with Gasteiger partial charge in [-0.3, -0.25) is 24.0 Å². The van der Waals surface area contributed by atoms with Gasteiger partial charge in [0.05, 0.1) is 12.4 Å². The largest absolute Gasteiger partial charge is 0.469 e. The van der Waals surface area contributed by atoms with Crippen LogP contribution < -0.4 is 16.0 Å². The summed E-state index contributed by atoms with van der Waals surface area (Å²) in [6.45, 7) is 4.96. The van der Waals surface area contributed by atoms with Crippen LogP contribution in [0.15, 0.2) is 30.3 Å². The molecule has 0 bridgehead atoms. The number of methoxy groups -OCH3 is 1. The monoisotopic (exact) mass is 507 g/mol. The summed E-state index contributed by atoms with van der Waals surface area (Å²) in [7, 11) is 2.81. The fourth-order valence-corrected chi connectivity index (χ4v) is 4.28. The summed E-state index contributed by atoms with van der Waals surface area (Å²) < 4.78 is 4.62. The molecule has 0 aliphatic carbocycles. The Balaban J connectivity index is 2.88. The number of ether oxygens (including phenoxy) is 1. The minimum absolute atomic E-state index is 0.216. The van der Waals surface area contributed by atoms with Gasteiger partial charge in [0.1, 0.15) is 12.1 Å². The minimum Gasteiger partial charge on any atom is -0.469 e. The molecule has 10 heteroatoms. The zero-order valence-corrected chi connectivity index (χ0v) is 21.9. The van der Waals surface area contributed by atoms with E-state index in [0.29, 0.717) is 25.7 Å². The molecule has 0 saturated carbocycles. The molecule has 0 heterocycles. The van der Waals surface area contributed by atoms with Crippen LogP contribution in [-0.4, -0.2) is 60.3 Å². The van der Waals surface area contributed by atoms with Gasteiger partial charge in [-0.15, -0.1) is 0 Å². The summed E-state index contributed by atoms with van der Waals surface area (Å²) in [5.41, 5.74) is 0.886. The fourth-order valence-electron chi connectivity index (χ4n) is 3.42. The third-order valence-electron chi connectivity index (χ3n) is 5.33. The number of hydrogen-bond donors (Lipinski definition) is 3. The summed E-state index contributed by atoms with van der Waals surface area (Å²) in [4.78, 5) is 61.6. The Morgan fingerprint density at radius 3 is 2.14 bits per heavy atom. The fraction of sp³-hybridized carbons (Fsp3) is 0.560. The van der Waals surface area contributed by atoms with E-state index in [0.717, 1.165) is 17.3 Å². The van der Waals surface area contributed by atoms with E-state index in [4.69, 9.17) is 0 Å². The highest BCUT2D eigenvalue weighted by atomic mass is 32.2. The topological polar surface area (TPSA) is 131 Å². The molecule has 3 N–H and O–H groups in total. The zero-order valence-electron chi connectivity index (χ0n) is 21.1. The number of unbranched alkanes of at least 4 members (excludes halogenated alkanes) is 1. The second-order valence-corrected chi connectivity index (χ2v) is 9.90. The van der Waals surface area contributed by atoms with E-state index >= 15 is 0 Å². The summed E-state index contributed by atoms with van der Waals surface area (Å²) >= 11 is 0.899. The van der Waals surface area contributed by atoms with Crippen LogP contribution in [-0.2, 0) is 35.1 Å². The molecule has 0 aliphatic rings. The van der Waals surface area contributed by atoms with Gasteiger partial charge >= 0.3 is 5.97 Å². The first kappa shape index (κ1) is 30.2. The minimum atomic E-state index is -0.893. The number of nitrogens with one attached hydrogen (secondary N) is 3. The van der Waals surface area contributed by atoms with Crippen molar-refractivity contribution in [3.8, 4) is 0 Å². The Labute approximate surface area is 211 Å². The quantitative estimate of drug-likeness (QED) is 0.259. The maximum atomic E-state index is 13.1. The normalized spacial score (nSPS) is 13.3. The van der Waals surface area contributed by atoms with Crippen molar-refractivity contribution in [1.82, 2.24) is 16.0 Å². The summed E-state index contributed by atoms with van der Waals surface area (Å²) in [5.74, 6) is -1.84. The van der Waals surface area contributed by atoms with Crippen LogP contribution in [0.2, 0.25) is 0 Å². The van der Waals surface area contributed by atoms with Gasteiger partial charge in [0.2, 0.25) is 17.7 Å².